The van der Waals surface area contributed by atoms with E-state index in [9.17, 15) is 8.42 Å². The van der Waals surface area contributed by atoms with Crippen molar-refractivity contribution in [2.45, 2.75) is 12.7 Å². The van der Waals surface area contributed by atoms with Crippen LogP contribution in [0.2, 0.25) is 0 Å². The van der Waals surface area contributed by atoms with Crippen LogP contribution < -0.4 is 0 Å². The zero-order chi connectivity index (χ0) is 10.6. The molecule has 0 N–H and O–H groups in total. The first-order valence-electron chi connectivity index (χ1n) is 4.01. The minimum atomic E-state index is -3.45. The summed E-state index contributed by atoms with van der Waals surface area (Å²) >= 11 is 3.16. The summed E-state index contributed by atoms with van der Waals surface area (Å²) < 4.78 is 27.7. The minimum absolute atomic E-state index is 0.138. The first kappa shape index (κ1) is 11.6. The quantitative estimate of drug-likeness (QED) is 0.622. The van der Waals surface area contributed by atoms with Gasteiger partial charge in [0.2, 0.25) is 0 Å². The molecule has 0 aliphatic rings. The van der Waals surface area contributed by atoms with Gasteiger partial charge in [-0.1, -0.05) is 6.07 Å². The summed E-state index contributed by atoms with van der Waals surface area (Å²) in [5.74, 6) is -0.138. The smallest absolute Gasteiger partial charge is 0.270 e. The van der Waals surface area contributed by atoms with Gasteiger partial charge in [0, 0.05) is 6.20 Å². The van der Waals surface area contributed by atoms with Crippen molar-refractivity contribution in [3.8, 4) is 0 Å². The van der Waals surface area contributed by atoms with Crippen molar-refractivity contribution in [1.29, 1.82) is 0 Å². The van der Waals surface area contributed by atoms with Gasteiger partial charge in [-0.05, 0) is 34.5 Å². The number of rotatable bonds is 4. The highest BCUT2D eigenvalue weighted by Gasteiger charge is 2.11. The van der Waals surface area contributed by atoms with Crippen molar-refractivity contribution in [3.05, 3.63) is 28.5 Å². The number of halogens is 1. The Morgan fingerprint density at radius 1 is 1.50 bits per heavy atom. The van der Waals surface area contributed by atoms with Crippen molar-refractivity contribution in [2.75, 3.05) is 6.61 Å². The molecule has 0 aromatic carbocycles. The SMILES string of the molecule is CCOS(=O)(=O)Cc1ccc(Br)nc1. The zero-order valence-electron chi connectivity index (χ0n) is 7.60. The van der Waals surface area contributed by atoms with E-state index in [1.165, 1.54) is 6.20 Å². The molecule has 0 aliphatic heterocycles. The third-order valence-corrected chi connectivity index (χ3v) is 3.18. The van der Waals surface area contributed by atoms with Crippen LogP contribution in [0.15, 0.2) is 22.9 Å². The highest BCUT2D eigenvalue weighted by Crippen LogP contribution is 2.10. The van der Waals surface area contributed by atoms with Crippen LogP contribution in [-0.2, 0) is 20.1 Å². The highest BCUT2D eigenvalue weighted by atomic mass is 79.9. The molecule has 78 valence electrons. The number of aromatic nitrogens is 1. The third kappa shape index (κ3) is 3.73. The van der Waals surface area contributed by atoms with E-state index in [4.69, 9.17) is 0 Å². The second-order valence-electron chi connectivity index (χ2n) is 2.60. The molecule has 0 atom stereocenters. The lowest BCUT2D eigenvalue weighted by atomic mass is 10.3. The van der Waals surface area contributed by atoms with Gasteiger partial charge >= 0.3 is 0 Å². The van der Waals surface area contributed by atoms with Gasteiger partial charge in [-0.25, -0.2) is 4.98 Å². The van der Waals surface area contributed by atoms with E-state index < -0.39 is 10.1 Å². The van der Waals surface area contributed by atoms with Gasteiger partial charge in [0.15, 0.2) is 0 Å². The molecule has 1 rings (SSSR count). The molecule has 0 spiro atoms. The number of nitrogens with zero attached hydrogens (tertiary/aromatic N) is 1. The molecule has 4 nitrogen and oxygen atoms in total. The van der Waals surface area contributed by atoms with E-state index in [1.54, 1.807) is 19.1 Å². The summed E-state index contributed by atoms with van der Waals surface area (Å²) in [6.45, 7) is 1.80. The molecule has 1 aromatic rings. The van der Waals surface area contributed by atoms with Crippen LogP contribution in [-0.4, -0.2) is 20.0 Å². The molecular formula is C8H10BrNO3S. The maximum Gasteiger partial charge on any atom is 0.271 e. The molecule has 0 unspecified atom stereocenters. The molecule has 14 heavy (non-hydrogen) atoms. The lowest BCUT2D eigenvalue weighted by Crippen LogP contribution is -2.08. The molecule has 1 heterocycles. The second-order valence-corrected chi connectivity index (χ2v) is 5.05. The molecule has 0 amide bonds. The van der Waals surface area contributed by atoms with Crippen molar-refractivity contribution in [1.82, 2.24) is 4.98 Å². The first-order chi connectivity index (χ1) is 6.53. The monoisotopic (exact) mass is 279 g/mol. The van der Waals surface area contributed by atoms with Gasteiger partial charge in [0.1, 0.15) is 10.4 Å². The van der Waals surface area contributed by atoms with E-state index in [1.807, 2.05) is 0 Å². The molecule has 1 aromatic heterocycles. The normalized spacial score (nSPS) is 11.6. The molecule has 0 saturated heterocycles. The fraction of sp³-hybridized carbons (Fsp3) is 0.375. The van der Waals surface area contributed by atoms with Crippen LogP contribution in [0, 0.1) is 0 Å². The van der Waals surface area contributed by atoms with E-state index in [0.29, 0.717) is 10.2 Å². The standard InChI is InChI=1S/C8H10BrNO3S/c1-2-13-14(11,12)6-7-3-4-8(9)10-5-7/h3-5H,2,6H2,1H3. The number of pyridine rings is 1. The number of hydrogen-bond donors (Lipinski definition) is 0. The Labute approximate surface area is 91.6 Å². The zero-order valence-corrected chi connectivity index (χ0v) is 10.0. The summed E-state index contributed by atoms with van der Waals surface area (Å²) in [6, 6.07) is 3.38. The molecule has 0 saturated carbocycles. The first-order valence-corrected chi connectivity index (χ1v) is 6.38. The Bertz CT molecular complexity index is 388. The Kier molecular flexibility index (Phi) is 4.03. The van der Waals surface area contributed by atoms with Crippen LogP contribution in [0.25, 0.3) is 0 Å². The molecule has 0 aliphatic carbocycles. The van der Waals surface area contributed by atoms with Crippen molar-refractivity contribution >= 4 is 26.0 Å². The van der Waals surface area contributed by atoms with Crippen molar-refractivity contribution in [3.63, 3.8) is 0 Å². The summed E-state index contributed by atoms with van der Waals surface area (Å²) in [4.78, 5) is 3.92. The fourth-order valence-corrected chi connectivity index (χ4v) is 2.17. The summed E-state index contributed by atoms with van der Waals surface area (Å²) in [5, 5.41) is 0. The molecule has 0 fully saturated rings. The molecular weight excluding hydrogens is 270 g/mol. The van der Waals surface area contributed by atoms with Gasteiger partial charge in [-0.3, -0.25) is 4.18 Å². The maximum atomic E-state index is 11.2. The predicted octanol–water partition coefficient (Wildman–Crippen LogP) is 1.71. The lowest BCUT2D eigenvalue weighted by Gasteiger charge is -2.02. The van der Waals surface area contributed by atoms with E-state index >= 15 is 0 Å². The second kappa shape index (κ2) is 4.86. The van der Waals surface area contributed by atoms with Crippen LogP contribution in [0.1, 0.15) is 12.5 Å². The molecule has 0 bridgehead atoms. The largest absolute Gasteiger partial charge is 0.271 e. The Balaban J connectivity index is 2.74. The van der Waals surface area contributed by atoms with Gasteiger partial charge < -0.3 is 0 Å². The Hall–Kier alpha value is -0.460. The average Bonchev–Trinajstić information content (AvgIpc) is 2.08. The highest BCUT2D eigenvalue weighted by molar-refractivity contribution is 9.10. The summed E-state index contributed by atoms with van der Waals surface area (Å²) in [5.41, 5.74) is 0.613. The molecule has 6 heteroatoms. The van der Waals surface area contributed by atoms with Gasteiger partial charge in [0.25, 0.3) is 10.1 Å². The minimum Gasteiger partial charge on any atom is -0.270 e. The average molecular weight is 280 g/mol. The van der Waals surface area contributed by atoms with Gasteiger partial charge in [-0.15, -0.1) is 0 Å². The Morgan fingerprint density at radius 3 is 2.71 bits per heavy atom. The van der Waals surface area contributed by atoms with Crippen LogP contribution in [0.4, 0.5) is 0 Å². The van der Waals surface area contributed by atoms with Crippen LogP contribution in [0.5, 0.6) is 0 Å². The van der Waals surface area contributed by atoms with Crippen LogP contribution >= 0.6 is 15.9 Å². The van der Waals surface area contributed by atoms with E-state index in [2.05, 4.69) is 25.1 Å². The lowest BCUT2D eigenvalue weighted by molar-refractivity contribution is 0.337. The summed E-state index contributed by atoms with van der Waals surface area (Å²) in [6.07, 6.45) is 1.50. The maximum absolute atomic E-state index is 11.2. The summed E-state index contributed by atoms with van der Waals surface area (Å²) in [7, 11) is -3.45. The Morgan fingerprint density at radius 2 is 2.21 bits per heavy atom. The predicted molar refractivity (Wildman–Crippen MR) is 56.2 cm³/mol. The van der Waals surface area contributed by atoms with Crippen molar-refractivity contribution in [2.24, 2.45) is 0 Å². The van der Waals surface area contributed by atoms with Crippen molar-refractivity contribution < 1.29 is 12.6 Å². The topological polar surface area (TPSA) is 56.3 Å². The van der Waals surface area contributed by atoms with E-state index in [0.717, 1.165) is 0 Å². The molecule has 0 radical (unpaired) electrons. The van der Waals surface area contributed by atoms with Gasteiger partial charge in [0.05, 0.1) is 6.61 Å². The van der Waals surface area contributed by atoms with Crippen LogP contribution in [0.3, 0.4) is 0 Å². The van der Waals surface area contributed by atoms with E-state index in [-0.39, 0.29) is 12.4 Å². The fourth-order valence-electron chi connectivity index (χ4n) is 0.917. The third-order valence-electron chi connectivity index (χ3n) is 1.43. The van der Waals surface area contributed by atoms with Gasteiger partial charge in [-0.2, -0.15) is 8.42 Å². The number of hydrogen-bond acceptors (Lipinski definition) is 4.